The van der Waals surface area contributed by atoms with Gasteiger partial charge < -0.3 is 26.2 Å². The second kappa shape index (κ2) is 13.2. The number of nitrogens with zero attached hydrogens (tertiary/aromatic N) is 1. The van der Waals surface area contributed by atoms with Crippen LogP contribution in [0, 0.1) is 5.82 Å². The number of urea groups is 1. The third kappa shape index (κ3) is 9.69. The molecule has 0 aromatic heterocycles. The minimum absolute atomic E-state index is 0.125. The Labute approximate surface area is 193 Å². The number of rotatable bonds is 11. The van der Waals surface area contributed by atoms with Gasteiger partial charge in [-0.25, -0.2) is 9.18 Å². The minimum Gasteiger partial charge on any atom is -0.350 e. The maximum atomic E-state index is 13.0. The van der Waals surface area contributed by atoms with Crippen LogP contribution < -0.4 is 21.3 Å². The van der Waals surface area contributed by atoms with E-state index in [9.17, 15) is 18.8 Å². The molecule has 0 fully saturated rings. The number of benzene rings is 2. The molecule has 0 spiro atoms. The molecule has 0 heterocycles. The number of carbonyl (C=O) groups excluding carboxylic acids is 3. The Balaban J connectivity index is 1.86. The lowest BCUT2D eigenvalue weighted by Gasteiger charge is -2.18. The van der Waals surface area contributed by atoms with Crippen molar-refractivity contribution < 1.29 is 18.8 Å². The molecule has 0 aliphatic heterocycles. The van der Waals surface area contributed by atoms with Crippen LogP contribution in [-0.2, 0) is 22.7 Å². The number of carbonyl (C=O) groups is 3. The van der Waals surface area contributed by atoms with Crippen molar-refractivity contribution in [2.45, 2.75) is 38.9 Å². The zero-order chi connectivity index (χ0) is 24.2. The Morgan fingerprint density at radius 1 is 0.970 bits per heavy atom. The molecular formula is C24H32FN5O3. The van der Waals surface area contributed by atoms with Crippen LogP contribution in [0.25, 0.3) is 0 Å². The van der Waals surface area contributed by atoms with Crippen LogP contribution >= 0.6 is 0 Å². The zero-order valence-corrected chi connectivity index (χ0v) is 19.3. The summed E-state index contributed by atoms with van der Waals surface area (Å²) >= 11 is 0. The summed E-state index contributed by atoms with van der Waals surface area (Å²) in [6, 6.07) is 11.9. The average molecular weight is 458 g/mol. The first-order chi connectivity index (χ1) is 15.8. The molecule has 9 heteroatoms. The Hall–Kier alpha value is -3.46. The van der Waals surface area contributed by atoms with Gasteiger partial charge in [0.15, 0.2) is 0 Å². The number of hydrogen-bond acceptors (Lipinski definition) is 4. The number of halogens is 1. The van der Waals surface area contributed by atoms with Crippen LogP contribution in [0.1, 0.15) is 30.9 Å². The second-order valence-corrected chi connectivity index (χ2v) is 8.00. The molecule has 33 heavy (non-hydrogen) atoms. The van der Waals surface area contributed by atoms with Crippen LogP contribution in [0.2, 0.25) is 0 Å². The van der Waals surface area contributed by atoms with Crippen LogP contribution in [0.3, 0.4) is 0 Å². The fourth-order valence-electron chi connectivity index (χ4n) is 3.11. The molecule has 0 aliphatic carbocycles. The molecule has 0 aliphatic rings. The molecule has 1 atom stereocenters. The first kappa shape index (κ1) is 25.8. The molecule has 1 unspecified atom stereocenters. The molecule has 4 amide bonds. The van der Waals surface area contributed by atoms with Gasteiger partial charge in [0.25, 0.3) is 0 Å². The number of likely N-dealkylation sites (N-methyl/N-ethyl adjacent to an activating group) is 1. The van der Waals surface area contributed by atoms with E-state index >= 15 is 0 Å². The van der Waals surface area contributed by atoms with Gasteiger partial charge in [-0.05, 0) is 55.9 Å². The maximum absolute atomic E-state index is 13.0. The van der Waals surface area contributed by atoms with Crippen molar-refractivity contribution in [3.8, 4) is 0 Å². The summed E-state index contributed by atoms with van der Waals surface area (Å²) in [6.45, 7) is 2.68. The predicted molar refractivity (Wildman–Crippen MR) is 126 cm³/mol. The van der Waals surface area contributed by atoms with Crippen molar-refractivity contribution in [3.05, 3.63) is 65.5 Å². The number of anilines is 1. The number of hydrogen-bond donors (Lipinski definition) is 4. The van der Waals surface area contributed by atoms with Crippen molar-refractivity contribution in [2.24, 2.45) is 0 Å². The van der Waals surface area contributed by atoms with E-state index in [1.807, 2.05) is 27.1 Å². The van der Waals surface area contributed by atoms with E-state index in [1.165, 1.54) is 12.1 Å². The molecule has 0 saturated carbocycles. The zero-order valence-electron chi connectivity index (χ0n) is 19.3. The molecule has 0 radical (unpaired) electrons. The van der Waals surface area contributed by atoms with Crippen molar-refractivity contribution in [1.29, 1.82) is 0 Å². The Bertz CT molecular complexity index is 934. The van der Waals surface area contributed by atoms with Gasteiger partial charge in [0.2, 0.25) is 11.8 Å². The number of amides is 4. The van der Waals surface area contributed by atoms with Gasteiger partial charge >= 0.3 is 6.03 Å². The average Bonchev–Trinajstić information content (AvgIpc) is 2.76. The summed E-state index contributed by atoms with van der Waals surface area (Å²) in [6.07, 6.45) is 1.19. The SMILES string of the molecule is CCCC(NC(=O)NCc1ccc(F)cc1)C(=O)NCc1cccc(NC(=O)CN(C)C)c1. The van der Waals surface area contributed by atoms with Crippen molar-refractivity contribution in [2.75, 3.05) is 26.0 Å². The summed E-state index contributed by atoms with van der Waals surface area (Å²) in [4.78, 5) is 38.6. The normalized spacial score (nSPS) is 11.5. The molecule has 0 saturated heterocycles. The summed E-state index contributed by atoms with van der Waals surface area (Å²) in [5, 5.41) is 11.0. The standard InChI is InChI=1S/C24H32FN5O3/c1-4-6-21(29-24(33)27-14-17-9-11-19(25)12-10-17)23(32)26-15-18-7-5-8-20(13-18)28-22(31)16-30(2)3/h5,7-13,21H,4,6,14-16H2,1-3H3,(H,26,32)(H,28,31)(H2,27,29,33). The molecule has 2 rings (SSSR count). The van der Waals surface area contributed by atoms with E-state index in [4.69, 9.17) is 0 Å². The van der Waals surface area contributed by atoms with Crippen molar-refractivity contribution in [1.82, 2.24) is 20.9 Å². The lowest BCUT2D eigenvalue weighted by Crippen LogP contribution is -2.49. The van der Waals surface area contributed by atoms with Gasteiger partial charge in [0, 0.05) is 18.8 Å². The van der Waals surface area contributed by atoms with Gasteiger partial charge in [-0.15, -0.1) is 0 Å². The molecule has 2 aromatic rings. The van der Waals surface area contributed by atoms with Gasteiger partial charge in [-0.2, -0.15) is 0 Å². The van der Waals surface area contributed by atoms with Crippen molar-refractivity contribution >= 4 is 23.5 Å². The van der Waals surface area contributed by atoms with E-state index in [0.29, 0.717) is 18.5 Å². The Kier molecular flexibility index (Phi) is 10.3. The second-order valence-electron chi connectivity index (χ2n) is 8.00. The summed E-state index contributed by atoms with van der Waals surface area (Å²) in [5.41, 5.74) is 2.22. The van der Waals surface area contributed by atoms with Crippen LogP contribution in [0.4, 0.5) is 14.9 Å². The fourth-order valence-corrected chi connectivity index (χ4v) is 3.11. The third-order valence-electron chi connectivity index (χ3n) is 4.70. The summed E-state index contributed by atoms with van der Waals surface area (Å²) < 4.78 is 13.0. The van der Waals surface area contributed by atoms with E-state index in [2.05, 4.69) is 21.3 Å². The van der Waals surface area contributed by atoms with Crippen molar-refractivity contribution in [3.63, 3.8) is 0 Å². The molecule has 8 nitrogen and oxygen atoms in total. The summed E-state index contributed by atoms with van der Waals surface area (Å²) in [5.74, 6) is -0.764. The van der Waals surface area contributed by atoms with E-state index < -0.39 is 12.1 Å². The maximum Gasteiger partial charge on any atom is 0.315 e. The predicted octanol–water partition coefficient (Wildman–Crippen LogP) is 2.61. The lowest BCUT2D eigenvalue weighted by atomic mass is 10.1. The fraction of sp³-hybridized carbons (Fsp3) is 0.375. The van der Waals surface area contributed by atoms with E-state index in [-0.39, 0.29) is 37.3 Å². The van der Waals surface area contributed by atoms with Crippen LogP contribution in [0.15, 0.2) is 48.5 Å². The highest BCUT2D eigenvalue weighted by atomic mass is 19.1. The monoisotopic (exact) mass is 457 g/mol. The Morgan fingerprint density at radius 3 is 2.33 bits per heavy atom. The first-order valence-corrected chi connectivity index (χ1v) is 10.9. The molecule has 4 N–H and O–H groups in total. The highest BCUT2D eigenvalue weighted by molar-refractivity contribution is 5.92. The smallest absolute Gasteiger partial charge is 0.315 e. The van der Waals surface area contributed by atoms with Gasteiger partial charge in [-0.1, -0.05) is 37.6 Å². The highest BCUT2D eigenvalue weighted by Gasteiger charge is 2.19. The lowest BCUT2D eigenvalue weighted by molar-refractivity contribution is -0.123. The van der Waals surface area contributed by atoms with Gasteiger partial charge in [0.05, 0.1) is 6.54 Å². The van der Waals surface area contributed by atoms with E-state index in [0.717, 1.165) is 11.1 Å². The molecule has 2 aromatic carbocycles. The molecule has 178 valence electrons. The quantitative estimate of drug-likeness (QED) is 0.417. The summed E-state index contributed by atoms with van der Waals surface area (Å²) in [7, 11) is 3.63. The Morgan fingerprint density at radius 2 is 1.67 bits per heavy atom. The molecular weight excluding hydrogens is 425 g/mol. The third-order valence-corrected chi connectivity index (χ3v) is 4.70. The van der Waals surface area contributed by atoms with Crippen LogP contribution in [-0.4, -0.2) is 49.4 Å². The minimum atomic E-state index is -0.689. The van der Waals surface area contributed by atoms with Crippen LogP contribution in [0.5, 0.6) is 0 Å². The largest absolute Gasteiger partial charge is 0.350 e. The highest BCUT2D eigenvalue weighted by Crippen LogP contribution is 2.11. The van der Waals surface area contributed by atoms with Gasteiger partial charge in [-0.3, -0.25) is 9.59 Å². The van der Waals surface area contributed by atoms with Gasteiger partial charge in [0.1, 0.15) is 11.9 Å². The molecule has 0 bridgehead atoms. The number of nitrogens with one attached hydrogen (secondary N) is 4. The van der Waals surface area contributed by atoms with E-state index in [1.54, 1.807) is 35.2 Å². The topological polar surface area (TPSA) is 103 Å². The first-order valence-electron chi connectivity index (χ1n) is 10.9.